The molecule has 0 aromatic heterocycles. The number of nitrogens with zero attached hydrogens (tertiary/aromatic N) is 1. The van der Waals surface area contributed by atoms with Crippen molar-refractivity contribution in [2.75, 3.05) is 28.3 Å². The lowest BCUT2D eigenvalue weighted by Crippen LogP contribution is -2.39. The average Bonchev–Trinajstić information content (AvgIpc) is 2.36. The zero-order chi connectivity index (χ0) is 13.9. The molecule has 1 aromatic carbocycles. The van der Waals surface area contributed by atoms with E-state index in [1.807, 2.05) is 32.0 Å². The van der Waals surface area contributed by atoms with Gasteiger partial charge in [0, 0.05) is 14.1 Å². The van der Waals surface area contributed by atoms with Gasteiger partial charge in [0.25, 0.3) is 0 Å². The third-order valence-corrected chi connectivity index (χ3v) is 3.05. The van der Waals surface area contributed by atoms with E-state index in [1.54, 1.807) is 33.2 Å². The average molecular weight is 251 g/mol. The maximum atomic E-state index is 12.2. The smallest absolute Gasteiger partial charge is 0.232 e. The van der Waals surface area contributed by atoms with E-state index in [-0.39, 0.29) is 5.91 Å². The second kappa shape index (κ2) is 5.29. The molecule has 0 fully saturated rings. The van der Waals surface area contributed by atoms with Gasteiger partial charge in [0.1, 0.15) is 0 Å². The Hall–Kier alpha value is -1.71. The summed E-state index contributed by atoms with van der Waals surface area (Å²) in [5.41, 5.74) is 0.308. The van der Waals surface area contributed by atoms with Gasteiger partial charge in [-0.15, -0.1) is 0 Å². The summed E-state index contributed by atoms with van der Waals surface area (Å²) in [6, 6.07) is 5.56. The van der Waals surface area contributed by atoms with Crippen molar-refractivity contribution < 1.29 is 14.3 Å². The van der Waals surface area contributed by atoms with E-state index in [1.165, 1.54) is 0 Å². The second-order valence-electron chi connectivity index (χ2n) is 4.89. The predicted molar refractivity (Wildman–Crippen MR) is 71.3 cm³/mol. The van der Waals surface area contributed by atoms with Gasteiger partial charge in [0.2, 0.25) is 5.91 Å². The third-order valence-electron chi connectivity index (χ3n) is 3.05. The van der Waals surface area contributed by atoms with E-state index in [9.17, 15) is 4.79 Å². The molecular weight excluding hydrogens is 230 g/mol. The Labute approximate surface area is 108 Å². The van der Waals surface area contributed by atoms with Gasteiger partial charge in [0.05, 0.1) is 19.6 Å². The van der Waals surface area contributed by atoms with E-state index in [2.05, 4.69) is 0 Å². The number of benzene rings is 1. The van der Waals surface area contributed by atoms with Crippen molar-refractivity contribution in [3.8, 4) is 11.5 Å². The zero-order valence-electron chi connectivity index (χ0n) is 11.9. The highest BCUT2D eigenvalue weighted by Crippen LogP contribution is 2.33. The lowest BCUT2D eigenvalue weighted by atomic mass is 9.83. The molecule has 0 spiro atoms. The summed E-state index contributed by atoms with van der Waals surface area (Å²) in [5, 5.41) is 0. The standard InChI is InChI=1S/C14H21NO3/c1-14(2,13(16)15(3)4)10-7-8-11(17-5)12(9-10)18-6/h7-9H,1-6H3. The third kappa shape index (κ3) is 2.58. The van der Waals surface area contributed by atoms with Crippen LogP contribution in [0, 0.1) is 0 Å². The first-order chi connectivity index (χ1) is 8.34. The number of rotatable bonds is 4. The van der Waals surface area contributed by atoms with Gasteiger partial charge in [0.15, 0.2) is 11.5 Å². The first kappa shape index (κ1) is 14.4. The van der Waals surface area contributed by atoms with Gasteiger partial charge >= 0.3 is 0 Å². The summed E-state index contributed by atoms with van der Waals surface area (Å²) in [4.78, 5) is 13.8. The molecule has 0 N–H and O–H groups in total. The van der Waals surface area contributed by atoms with Gasteiger partial charge in [-0.25, -0.2) is 0 Å². The number of hydrogen-bond donors (Lipinski definition) is 0. The molecule has 0 aliphatic carbocycles. The fourth-order valence-corrected chi connectivity index (χ4v) is 1.91. The molecule has 18 heavy (non-hydrogen) atoms. The van der Waals surface area contributed by atoms with Crippen LogP contribution in [-0.4, -0.2) is 39.1 Å². The fourth-order valence-electron chi connectivity index (χ4n) is 1.91. The Kier molecular flexibility index (Phi) is 4.22. The van der Waals surface area contributed by atoms with Crippen molar-refractivity contribution in [2.24, 2.45) is 0 Å². The Morgan fingerprint density at radius 1 is 1.11 bits per heavy atom. The Morgan fingerprint density at radius 2 is 1.67 bits per heavy atom. The van der Waals surface area contributed by atoms with Gasteiger partial charge in [-0.2, -0.15) is 0 Å². The van der Waals surface area contributed by atoms with Crippen LogP contribution in [0.15, 0.2) is 18.2 Å². The summed E-state index contributed by atoms with van der Waals surface area (Å²) in [6.45, 7) is 3.80. The maximum Gasteiger partial charge on any atom is 0.232 e. The SMILES string of the molecule is COc1ccc(C(C)(C)C(=O)N(C)C)cc1OC. The van der Waals surface area contributed by atoms with Crippen molar-refractivity contribution in [3.63, 3.8) is 0 Å². The highest BCUT2D eigenvalue weighted by molar-refractivity contribution is 5.87. The summed E-state index contributed by atoms with van der Waals surface area (Å²) in [5.74, 6) is 1.35. The lowest BCUT2D eigenvalue weighted by Gasteiger charge is -2.28. The van der Waals surface area contributed by atoms with Crippen LogP contribution in [0.3, 0.4) is 0 Å². The van der Waals surface area contributed by atoms with Crippen LogP contribution in [0.2, 0.25) is 0 Å². The summed E-state index contributed by atoms with van der Waals surface area (Å²) >= 11 is 0. The number of methoxy groups -OCH3 is 2. The molecule has 0 radical (unpaired) electrons. The molecule has 0 saturated carbocycles. The van der Waals surface area contributed by atoms with Gasteiger partial charge in [-0.05, 0) is 31.5 Å². The van der Waals surface area contributed by atoms with Crippen molar-refractivity contribution >= 4 is 5.91 Å². The number of carbonyl (C=O) groups excluding carboxylic acids is 1. The van der Waals surface area contributed by atoms with Crippen molar-refractivity contribution in [3.05, 3.63) is 23.8 Å². The molecule has 0 saturated heterocycles. The molecule has 4 nitrogen and oxygen atoms in total. The molecule has 1 aromatic rings. The van der Waals surface area contributed by atoms with Crippen LogP contribution in [0.4, 0.5) is 0 Å². The molecule has 4 heteroatoms. The first-order valence-corrected chi connectivity index (χ1v) is 5.78. The highest BCUT2D eigenvalue weighted by Gasteiger charge is 2.31. The molecular formula is C14H21NO3. The zero-order valence-corrected chi connectivity index (χ0v) is 11.9. The molecule has 0 unspecified atom stereocenters. The van der Waals surface area contributed by atoms with Gasteiger partial charge in [-0.3, -0.25) is 4.79 Å². The second-order valence-corrected chi connectivity index (χ2v) is 4.89. The van der Waals surface area contributed by atoms with Crippen molar-refractivity contribution in [1.29, 1.82) is 0 Å². The predicted octanol–water partition coefficient (Wildman–Crippen LogP) is 2.07. The number of likely N-dealkylation sites (N-methyl/N-ethyl adjacent to an activating group) is 1. The lowest BCUT2D eigenvalue weighted by molar-refractivity contribution is -0.133. The minimum atomic E-state index is -0.594. The summed E-state index contributed by atoms with van der Waals surface area (Å²) in [7, 11) is 6.69. The van der Waals surface area contributed by atoms with Crippen molar-refractivity contribution in [1.82, 2.24) is 4.90 Å². The molecule has 0 aliphatic heterocycles. The Balaban J connectivity index is 3.21. The van der Waals surface area contributed by atoms with Gasteiger partial charge < -0.3 is 14.4 Å². The van der Waals surface area contributed by atoms with Crippen LogP contribution in [0.1, 0.15) is 19.4 Å². The molecule has 1 rings (SSSR count). The van der Waals surface area contributed by atoms with Crippen LogP contribution in [-0.2, 0) is 10.2 Å². The number of carbonyl (C=O) groups is 1. The van der Waals surface area contributed by atoms with Crippen LogP contribution < -0.4 is 9.47 Å². The number of ether oxygens (including phenoxy) is 2. The largest absolute Gasteiger partial charge is 0.493 e. The highest BCUT2D eigenvalue weighted by atomic mass is 16.5. The monoisotopic (exact) mass is 251 g/mol. The van der Waals surface area contributed by atoms with Gasteiger partial charge in [-0.1, -0.05) is 6.07 Å². The molecule has 0 heterocycles. The number of amides is 1. The molecule has 0 aliphatic rings. The van der Waals surface area contributed by atoms with E-state index in [0.717, 1.165) is 5.56 Å². The maximum absolute atomic E-state index is 12.2. The molecule has 0 bridgehead atoms. The van der Waals surface area contributed by atoms with E-state index in [4.69, 9.17) is 9.47 Å². The Morgan fingerprint density at radius 3 is 2.11 bits per heavy atom. The molecule has 1 amide bonds. The van der Waals surface area contributed by atoms with Crippen LogP contribution in [0.5, 0.6) is 11.5 Å². The summed E-state index contributed by atoms with van der Waals surface area (Å²) in [6.07, 6.45) is 0. The first-order valence-electron chi connectivity index (χ1n) is 5.78. The minimum Gasteiger partial charge on any atom is -0.493 e. The molecule has 100 valence electrons. The van der Waals surface area contributed by atoms with Crippen LogP contribution >= 0.6 is 0 Å². The Bertz CT molecular complexity index is 439. The van der Waals surface area contributed by atoms with E-state index in [0.29, 0.717) is 11.5 Å². The number of hydrogen-bond acceptors (Lipinski definition) is 3. The van der Waals surface area contributed by atoms with E-state index < -0.39 is 5.41 Å². The minimum absolute atomic E-state index is 0.0507. The quantitative estimate of drug-likeness (QED) is 0.822. The molecule has 0 atom stereocenters. The topological polar surface area (TPSA) is 38.8 Å². The van der Waals surface area contributed by atoms with E-state index >= 15 is 0 Å². The van der Waals surface area contributed by atoms with Crippen LogP contribution in [0.25, 0.3) is 0 Å². The van der Waals surface area contributed by atoms with Crippen molar-refractivity contribution in [2.45, 2.75) is 19.3 Å². The summed E-state index contributed by atoms with van der Waals surface area (Å²) < 4.78 is 10.5. The fraction of sp³-hybridized carbons (Fsp3) is 0.500. The normalized spacial score (nSPS) is 11.0.